The molecular weight excluding hydrogens is 324 g/mol. The molecule has 5 nitrogen and oxygen atoms in total. The van der Waals surface area contributed by atoms with Gasteiger partial charge in [-0.15, -0.1) is 0 Å². The summed E-state index contributed by atoms with van der Waals surface area (Å²) in [6.45, 7) is 4.73. The van der Waals surface area contributed by atoms with Crippen molar-refractivity contribution in [2.24, 2.45) is 0 Å². The number of methoxy groups -OCH3 is 1. The van der Waals surface area contributed by atoms with Gasteiger partial charge in [0.2, 0.25) is 0 Å². The van der Waals surface area contributed by atoms with Crippen molar-refractivity contribution in [2.45, 2.75) is 20.3 Å². The summed E-state index contributed by atoms with van der Waals surface area (Å²) in [6.07, 6.45) is 0.855. The van der Waals surface area contributed by atoms with Gasteiger partial charge in [-0.1, -0.05) is 30.3 Å². The molecule has 0 bridgehead atoms. The van der Waals surface area contributed by atoms with E-state index in [9.17, 15) is 0 Å². The Morgan fingerprint density at radius 1 is 0.923 bits per heavy atom. The van der Waals surface area contributed by atoms with Gasteiger partial charge in [0, 0.05) is 18.3 Å². The van der Waals surface area contributed by atoms with E-state index >= 15 is 0 Å². The van der Waals surface area contributed by atoms with E-state index < -0.39 is 0 Å². The number of aryl methyl sites for hydroxylation is 2. The monoisotopic (exact) mass is 348 g/mol. The van der Waals surface area contributed by atoms with Crippen molar-refractivity contribution in [1.29, 1.82) is 0 Å². The van der Waals surface area contributed by atoms with E-state index in [2.05, 4.69) is 45.7 Å². The van der Waals surface area contributed by atoms with Crippen LogP contribution in [0.1, 0.15) is 17.0 Å². The van der Waals surface area contributed by atoms with Crippen LogP contribution in [-0.4, -0.2) is 23.6 Å². The predicted molar refractivity (Wildman–Crippen MR) is 106 cm³/mol. The van der Waals surface area contributed by atoms with Crippen molar-refractivity contribution in [3.63, 3.8) is 0 Å². The van der Waals surface area contributed by atoms with Crippen LogP contribution in [-0.2, 0) is 6.42 Å². The van der Waals surface area contributed by atoms with Gasteiger partial charge in [-0.2, -0.15) is 0 Å². The first-order valence-electron chi connectivity index (χ1n) is 8.69. The standard InChI is InChI=1S/C21H24N4O/c1-15-7-6-9-18(13-15)25-21-14-20(23-16(2)24-21)22-12-11-17-8-4-5-10-19(17)26-3/h4-10,13-14H,11-12H2,1-3H3,(H2,22,23,24,25). The maximum absolute atomic E-state index is 5.40. The van der Waals surface area contributed by atoms with E-state index in [-0.39, 0.29) is 0 Å². The number of para-hydroxylation sites is 1. The first-order valence-corrected chi connectivity index (χ1v) is 8.69. The minimum absolute atomic E-state index is 0.724. The maximum atomic E-state index is 5.40. The SMILES string of the molecule is COc1ccccc1CCNc1cc(Nc2cccc(C)c2)nc(C)n1. The molecule has 0 aliphatic rings. The Labute approximate surface area is 154 Å². The largest absolute Gasteiger partial charge is 0.496 e. The van der Waals surface area contributed by atoms with Gasteiger partial charge >= 0.3 is 0 Å². The first kappa shape index (κ1) is 17.7. The molecule has 0 amide bonds. The lowest BCUT2D eigenvalue weighted by Crippen LogP contribution is -2.09. The minimum Gasteiger partial charge on any atom is -0.496 e. The number of nitrogens with zero attached hydrogens (tertiary/aromatic N) is 2. The summed E-state index contributed by atoms with van der Waals surface area (Å²) in [4.78, 5) is 8.94. The Kier molecular flexibility index (Phi) is 5.69. The second-order valence-corrected chi connectivity index (χ2v) is 6.17. The summed E-state index contributed by atoms with van der Waals surface area (Å²) in [6, 6.07) is 18.2. The van der Waals surface area contributed by atoms with Gasteiger partial charge in [0.1, 0.15) is 23.2 Å². The molecule has 0 fully saturated rings. The highest BCUT2D eigenvalue weighted by atomic mass is 16.5. The third kappa shape index (κ3) is 4.72. The van der Waals surface area contributed by atoms with E-state index in [4.69, 9.17) is 4.74 Å². The smallest absolute Gasteiger partial charge is 0.136 e. The van der Waals surface area contributed by atoms with Crippen LogP contribution in [0.2, 0.25) is 0 Å². The van der Waals surface area contributed by atoms with Crippen LogP contribution in [0.3, 0.4) is 0 Å². The van der Waals surface area contributed by atoms with E-state index in [1.165, 1.54) is 11.1 Å². The Hall–Kier alpha value is -3.08. The number of anilines is 3. The van der Waals surface area contributed by atoms with E-state index in [0.29, 0.717) is 0 Å². The zero-order chi connectivity index (χ0) is 18.4. The molecule has 0 radical (unpaired) electrons. The molecule has 0 saturated heterocycles. The van der Waals surface area contributed by atoms with Gasteiger partial charge < -0.3 is 15.4 Å². The number of aromatic nitrogens is 2. The second kappa shape index (κ2) is 8.34. The fraction of sp³-hybridized carbons (Fsp3) is 0.238. The number of hydrogen-bond donors (Lipinski definition) is 2. The normalized spacial score (nSPS) is 10.4. The summed E-state index contributed by atoms with van der Waals surface area (Å²) in [5, 5.41) is 6.72. The summed E-state index contributed by atoms with van der Waals surface area (Å²) >= 11 is 0. The van der Waals surface area contributed by atoms with Crippen molar-refractivity contribution < 1.29 is 4.74 Å². The van der Waals surface area contributed by atoms with Crippen LogP contribution < -0.4 is 15.4 Å². The van der Waals surface area contributed by atoms with Crippen molar-refractivity contribution in [2.75, 3.05) is 24.3 Å². The lowest BCUT2D eigenvalue weighted by molar-refractivity contribution is 0.410. The quantitative estimate of drug-likeness (QED) is 0.658. The molecule has 2 N–H and O–H groups in total. The number of rotatable bonds is 7. The molecule has 1 heterocycles. The van der Waals surface area contributed by atoms with Crippen molar-refractivity contribution in [3.8, 4) is 5.75 Å². The van der Waals surface area contributed by atoms with Crippen molar-refractivity contribution >= 4 is 17.3 Å². The zero-order valence-electron chi connectivity index (χ0n) is 15.4. The molecule has 0 spiro atoms. The third-order valence-electron chi connectivity index (χ3n) is 4.02. The first-order chi connectivity index (χ1) is 12.6. The Morgan fingerprint density at radius 2 is 1.73 bits per heavy atom. The van der Waals surface area contributed by atoms with Gasteiger partial charge in [0.05, 0.1) is 7.11 Å². The molecule has 134 valence electrons. The summed E-state index contributed by atoms with van der Waals surface area (Å²) in [7, 11) is 1.70. The molecule has 5 heteroatoms. The molecule has 3 aromatic rings. The van der Waals surface area contributed by atoms with E-state index in [0.717, 1.165) is 41.9 Å². The fourth-order valence-corrected chi connectivity index (χ4v) is 2.83. The van der Waals surface area contributed by atoms with E-state index in [1.807, 2.05) is 43.3 Å². The van der Waals surface area contributed by atoms with Crippen LogP contribution >= 0.6 is 0 Å². The third-order valence-corrected chi connectivity index (χ3v) is 4.02. The van der Waals surface area contributed by atoms with Crippen LogP contribution in [0, 0.1) is 13.8 Å². The summed E-state index contributed by atoms with van der Waals surface area (Å²) < 4.78 is 5.40. The molecule has 3 rings (SSSR count). The van der Waals surface area contributed by atoms with E-state index in [1.54, 1.807) is 7.11 Å². The number of benzene rings is 2. The van der Waals surface area contributed by atoms with Gasteiger partial charge in [-0.25, -0.2) is 9.97 Å². The predicted octanol–water partition coefficient (Wildman–Crippen LogP) is 4.50. The molecule has 0 aliphatic heterocycles. The molecule has 0 atom stereocenters. The van der Waals surface area contributed by atoms with Gasteiger partial charge in [-0.05, 0) is 49.6 Å². The number of ether oxygens (including phenoxy) is 1. The summed E-state index contributed by atoms with van der Waals surface area (Å²) in [5.74, 6) is 3.22. The highest BCUT2D eigenvalue weighted by Gasteiger charge is 2.05. The zero-order valence-corrected chi connectivity index (χ0v) is 15.4. The van der Waals surface area contributed by atoms with Crippen LogP contribution in [0.5, 0.6) is 5.75 Å². The Morgan fingerprint density at radius 3 is 2.54 bits per heavy atom. The highest BCUT2D eigenvalue weighted by molar-refractivity contribution is 5.59. The van der Waals surface area contributed by atoms with Crippen molar-refractivity contribution in [3.05, 3.63) is 71.5 Å². The molecule has 2 aromatic carbocycles. The van der Waals surface area contributed by atoms with Crippen LogP contribution in [0.4, 0.5) is 17.3 Å². The molecule has 0 aliphatic carbocycles. The average molecular weight is 348 g/mol. The summed E-state index contributed by atoms with van der Waals surface area (Å²) in [5.41, 5.74) is 3.39. The molecular formula is C21H24N4O. The molecule has 0 saturated carbocycles. The molecule has 26 heavy (non-hydrogen) atoms. The highest BCUT2D eigenvalue weighted by Crippen LogP contribution is 2.20. The maximum Gasteiger partial charge on any atom is 0.136 e. The van der Waals surface area contributed by atoms with Gasteiger partial charge in [0.25, 0.3) is 0 Å². The Bertz CT molecular complexity index is 879. The molecule has 1 aromatic heterocycles. The average Bonchev–Trinajstić information content (AvgIpc) is 2.62. The van der Waals surface area contributed by atoms with Crippen LogP contribution in [0.25, 0.3) is 0 Å². The number of nitrogens with one attached hydrogen (secondary N) is 2. The van der Waals surface area contributed by atoms with Gasteiger partial charge in [-0.3, -0.25) is 0 Å². The lowest BCUT2D eigenvalue weighted by atomic mass is 10.1. The minimum atomic E-state index is 0.724. The van der Waals surface area contributed by atoms with Crippen LogP contribution in [0.15, 0.2) is 54.6 Å². The van der Waals surface area contributed by atoms with Crippen molar-refractivity contribution in [1.82, 2.24) is 9.97 Å². The van der Waals surface area contributed by atoms with Gasteiger partial charge in [0.15, 0.2) is 0 Å². The topological polar surface area (TPSA) is 59.1 Å². The Balaban J connectivity index is 1.66. The fourth-order valence-electron chi connectivity index (χ4n) is 2.83. The second-order valence-electron chi connectivity index (χ2n) is 6.17. The molecule has 0 unspecified atom stereocenters. The lowest BCUT2D eigenvalue weighted by Gasteiger charge is -2.12. The number of hydrogen-bond acceptors (Lipinski definition) is 5.